The fraction of sp³-hybridized carbons (Fsp3) is 0.368. The molecule has 0 amide bonds. The van der Waals surface area contributed by atoms with Crippen molar-refractivity contribution >= 4 is 15.9 Å². The Morgan fingerprint density at radius 2 is 1.80 bits per heavy atom. The highest BCUT2D eigenvalue weighted by atomic mass is 79.9. The average Bonchev–Trinajstić information content (AvgIpc) is 2.84. The highest BCUT2D eigenvalue weighted by Gasteiger charge is 2.21. The van der Waals surface area contributed by atoms with Crippen molar-refractivity contribution in [2.45, 2.75) is 43.9 Å². The Kier molecular flexibility index (Phi) is 3.98. The number of alkyl halides is 1. The summed E-state index contributed by atoms with van der Waals surface area (Å²) in [5.41, 5.74) is 7.28. The minimum atomic E-state index is 0.573. The highest BCUT2D eigenvalue weighted by Crippen LogP contribution is 2.38. The van der Waals surface area contributed by atoms with E-state index in [1.165, 1.54) is 40.7 Å². The lowest BCUT2D eigenvalue weighted by molar-refractivity contribution is 0.651. The summed E-state index contributed by atoms with van der Waals surface area (Å²) in [6.45, 7) is 4.58. The molecule has 2 aromatic carbocycles. The molecule has 3 rings (SSSR count). The van der Waals surface area contributed by atoms with E-state index in [1.807, 2.05) is 0 Å². The van der Waals surface area contributed by atoms with Crippen molar-refractivity contribution in [3.05, 3.63) is 59.2 Å². The van der Waals surface area contributed by atoms with Gasteiger partial charge in [0.05, 0.1) is 0 Å². The van der Waals surface area contributed by atoms with Gasteiger partial charge in [-0.25, -0.2) is 0 Å². The van der Waals surface area contributed by atoms with Crippen LogP contribution in [0.25, 0.3) is 11.1 Å². The lowest BCUT2D eigenvalue weighted by Crippen LogP contribution is -2.09. The van der Waals surface area contributed by atoms with Gasteiger partial charge in [-0.15, -0.1) is 0 Å². The van der Waals surface area contributed by atoms with Gasteiger partial charge in [0, 0.05) is 4.83 Å². The maximum atomic E-state index is 3.85. The summed E-state index contributed by atoms with van der Waals surface area (Å²) in [6, 6.07) is 15.8. The molecule has 0 bridgehead atoms. The molecule has 1 aliphatic carbocycles. The molecular weight excluding hydrogens is 308 g/mol. The van der Waals surface area contributed by atoms with Gasteiger partial charge in [0.25, 0.3) is 0 Å². The molecule has 0 saturated heterocycles. The number of rotatable bonds is 4. The van der Waals surface area contributed by atoms with E-state index in [0.717, 1.165) is 6.42 Å². The van der Waals surface area contributed by atoms with Crippen LogP contribution < -0.4 is 0 Å². The van der Waals surface area contributed by atoms with E-state index < -0.39 is 0 Å². The summed E-state index contributed by atoms with van der Waals surface area (Å²) < 4.78 is 0. The van der Waals surface area contributed by atoms with Gasteiger partial charge < -0.3 is 0 Å². The van der Waals surface area contributed by atoms with E-state index in [9.17, 15) is 0 Å². The van der Waals surface area contributed by atoms with Crippen LogP contribution in [0.1, 0.15) is 49.3 Å². The molecule has 0 spiro atoms. The average molecular weight is 329 g/mol. The summed E-state index contributed by atoms with van der Waals surface area (Å²) in [5.74, 6) is 0.573. The van der Waals surface area contributed by atoms with Gasteiger partial charge in [0.1, 0.15) is 0 Å². The molecule has 0 N–H and O–H groups in total. The Morgan fingerprint density at radius 1 is 1.05 bits per heavy atom. The number of benzene rings is 2. The molecule has 0 saturated carbocycles. The van der Waals surface area contributed by atoms with E-state index in [1.54, 1.807) is 0 Å². The fourth-order valence-electron chi connectivity index (χ4n) is 3.18. The van der Waals surface area contributed by atoms with Crippen LogP contribution in [0, 0.1) is 0 Å². The Hall–Kier alpha value is -1.08. The second-order valence-electron chi connectivity index (χ2n) is 5.84. The van der Waals surface area contributed by atoms with Gasteiger partial charge in [-0.3, -0.25) is 0 Å². The zero-order valence-corrected chi connectivity index (χ0v) is 13.8. The lowest BCUT2D eigenvalue weighted by Gasteiger charge is -2.19. The molecule has 2 unspecified atom stereocenters. The van der Waals surface area contributed by atoms with Gasteiger partial charge in [0.15, 0.2) is 0 Å². The molecule has 1 heteroatoms. The van der Waals surface area contributed by atoms with Gasteiger partial charge in [-0.1, -0.05) is 78.7 Å². The molecule has 20 heavy (non-hydrogen) atoms. The monoisotopic (exact) mass is 328 g/mol. The number of hydrogen-bond donors (Lipinski definition) is 0. The van der Waals surface area contributed by atoms with E-state index in [2.05, 4.69) is 72.2 Å². The van der Waals surface area contributed by atoms with Crippen molar-refractivity contribution < 1.29 is 0 Å². The summed E-state index contributed by atoms with van der Waals surface area (Å²) in [4.78, 5) is 0.578. The zero-order valence-electron chi connectivity index (χ0n) is 12.2. The van der Waals surface area contributed by atoms with Crippen LogP contribution in [0.2, 0.25) is 0 Å². The predicted molar refractivity (Wildman–Crippen MR) is 90.7 cm³/mol. The Labute approximate surface area is 130 Å². The SMILES string of the molecule is CCCC(Br)C(C)c1ccc2c(c1)Cc1ccccc1-2. The summed E-state index contributed by atoms with van der Waals surface area (Å²) in [5, 5.41) is 0. The first kappa shape index (κ1) is 13.9. The topological polar surface area (TPSA) is 0 Å². The quantitative estimate of drug-likeness (QED) is 0.521. The Bertz CT molecular complexity index is 615. The van der Waals surface area contributed by atoms with Crippen molar-refractivity contribution in [1.82, 2.24) is 0 Å². The molecule has 0 aliphatic heterocycles. The smallest absolute Gasteiger partial charge is 0.0211 e. The van der Waals surface area contributed by atoms with E-state index in [-0.39, 0.29) is 0 Å². The molecule has 1 aliphatic rings. The van der Waals surface area contributed by atoms with Gasteiger partial charge >= 0.3 is 0 Å². The largest absolute Gasteiger partial charge is 0.0884 e. The van der Waals surface area contributed by atoms with Crippen molar-refractivity contribution in [3.63, 3.8) is 0 Å². The molecule has 104 valence electrons. The maximum Gasteiger partial charge on any atom is 0.0211 e. The molecule has 2 atom stereocenters. The third-order valence-corrected chi connectivity index (χ3v) is 5.70. The molecule has 0 nitrogen and oxygen atoms in total. The Balaban J connectivity index is 1.91. The minimum absolute atomic E-state index is 0.573. The van der Waals surface area contributed by atoms with Crippen LogP contribution in [0.4, 0.5) is 0 Å². The molecule has 0 aromatic heterocycles. The van der Waals surface area contributed by atoms with Crippen molar-refractivity contribution in [1.29, 1.82) is 0 Å². The summed E-state index contributed by atoms with van der Waals surface area (Å²) in [7, 11) is 0. The molecule has 0 heterocycles. The maximum absolute atomic E-state index is 3.85. The zero-order chi connectivity index (χ0) is 14.1. The van der Waals surface area contributed by atoms with Gasteiger partial charge in [-0.05, 0) is 46.6 Å². The second-order valence-corrected chi connectivity index (χ2v) is 7.02. The van der Waals surface area contributed by atoms with Gasteiger partial charge in [-0.2, -0.15) is 0 Å². The van der Waals surface area contributed by atoms with Crippen molar-refractivity contribution in [2.75, 3.05) is 0 Å². The van der Waals surface area contributed by atoms with Crippen molar-refractivity contribution in [2.24, 2.45) is 0 Å². The first-order chi connectivity index (χ1) is 9.70. The number of halogens is 1. The molecule has 0 radical (unpaired) electrons. The van der Waals surface area contributed by atoms with Crippen LogP contribution in [0.15, 0.2) is 42.5 Å². The summed E-state index contributed by atoms with van der Waals surface area (Å²) in [6.07, 6.45) is 3.56. The molecule has 0 fully saturated rings. The number of hydrogen-bond acceptors (Lipinski definition) is 0. The molecular formula is C19H21Br. The van der Waals surface area contributed by atoms with Crippen molar-refractivity contribution in [3.8, 4) is 11.1 Å². The van der Waals surface area contributed by atoms with E-state index in [0.29, 0.717) is 10.7 Å². The van der Waals surface area contributed by atoms with Crippen LogP contribution in [-0.2, 0) is 6.42 Å². The fourth-order valence-corrected chi connectivity index (χ4v) is 3.95. The van der Waals surface area contributed by atoms with Crippen LogP contribution in [0.5, 0.6) is 0 Å². The highest BCUT2D eigenvalue weighted by molar-refractivity contribution is 9.09. The van der Waals surface area contributed by atoms with Crippen LogP contribution in [-0.4, -0.2) is 4.83 Å². The van der Waals surface area contributed by atoms with Crippen LogP contribution >= 0.6 is 15.9 Å². The van der Waals surface area contributed by atoms with E-state index >= 15 is 0 Å². The minimum Gasteiger partial charge on any atom is -0.0884 e. The van der Waals surface area contributed by atoms with Crippen LogP contribution in [0.3, 0.4) is 0 Å². The van der Waals surface area contributed by atoms with Gasteiger partial charge in [0.2, 0.25) is 0 Å². The normalized spacial score (nSPS) is 15.6. The second kappa shape index (κ2) is 5.73. The third kappa shape index (κ3) is 2.44. The van der Waals surface area contributed by atoms with E-state index in [4.69, 9.17) is 0 Å². The third-order valence-electron chi connectivity index (χ3n) is 4.45. The first-order valence-electron chi connectivity index (χ1n) is 7.56. The summed E-state index contributed by atoms with van der Waals surface area (Å²) >= 11 is 3.85. The Morgan fingerprint density at radius 3 is 2.60 bits per heavy atom. The number of fused-ring (bicyclic) bond motifs is 3. The standard InChI is InChI=1S/C19H21Br/c1-3-6-19(20)13(2)14-9-10-18-16(11-14)12-15-7-4-5-8-17(15)18/h4-5,7-11,13,19H,3,6,12H2,1-2H3. The first-order valence-corrected chi connectivity index (χ1v) is 8.47. The predicted octanol–water partition coefficient (Wildman–Crippen LogP) is 5.92. The lowest BCUT2D eigenvalue weighted by atomic mass is 9.92. The molecule has 2 aromatic rings.